The van der Waals surface area contributed by atoms with Gasteiger partial charge in [0.25, 0.3) is 5.91 Å². The van der Waals surface area contributed by atoms with Crippen molar-refractivity contribution in [3.8, 4) is 0 Å². The van der Waals surface area contributed by atoms with Crippen LogP contribution in [0.3, 0.4) is 0 Å². The first-order valence-electron chi connectivity index (χ1n) is 9.09. The molecule has 7 nitrogen and oxygen atoms in total. The second-order valence-corrected chi connectivity index (χ2v) is 6.99. The fraction of sp³-hybridized carbons (Fsp3) is 0.611. The number of aromatic amines is 1. The van der Waals surface area contributed by atoms with Crippen molar-refractivity contribution in [1.29, 1.82) is 0 Å². The zero-order valence-electron chi connectivity index (χ0n) is 15.1. The van der Waals surface area contributed by atoms with Gasteiger partial charge in [0, 0.05) is 30.4 Å². The molecule has 0 aromatic carbocycles. The molecular weight excluding hydrogens is 318 g/mol. The summed E-state index contributed by atoms with van der Waals surface area (Å²) < 4.78 is 8.11. The summed E-state index contributed by atoms with van der Waals surface area (Å²) in [5.74, 6) is 1.56. The third kappa shape index (κ3) is 2.97. The van der Waals surface area contributed by atoms with E-state index in [1.807, 2.05) is 17.9 Å². The maximum absolute atomic E-state index is 13.1. The van der Waals surface area contributed by atoms with Crippen molar-refractivity contribution in [1.82, 2.24) is 24.6 Å². The molecule has 2 aromatic rings. The number of nitrogens with one attached hydrogen (secondary N) is 1. The van der Waals surface area contributed by atoms with Gasteiger partial charge in [0.15, 0.2) is 5.82 Å². The molecule has 25 heavy (non-hydrogen) atoms. The predicted molar refractivity (Wildman–Crippen MR) is 92.5 cm³/mol. The number of hydrogen-bond acceptors (Lipinski definition) is 4. The van der Waals surface area contributed by atoms with Gasteiger partial charge in [-0.25, -0.2) is 4.98 Å². The molecule has 2 aliphatic rings. The fourth-order valence-electron chi connectivity index (χ4n) is 3.66. The summed E-state index contributed by atoms with van der Waals surface area (Å²) in [6.07, 6.45) is 2.97. The fourth-order valence-corrected chi connectivity index (χ4v) is 3.66. The molecule has 7 heteroatoms. The first-order chi connectivity index (χ1) is 12.1. The summed E-state index contributed by atoms with van der Waals surface area (Å²) in [6, 6.07) is 2.61. The Balaban J connectivity index is 1.53. The summed E-state index contributed by atoms with van der Waals surface area (Å²) in [4.78, 5) is 19.4. The monoisotopic (exact) mass is 343 g/mol. The molecule has 3 heterocycles. The molecule has 1 aliphatic carbocycles. The molecule has 0 spiro atoms. The number of aryl methyl sites for hydroxylation is 2. The van der Waals surface area contributed by atoms with E-state index in [1.54, 1.807) is 0 Å². The second kappa shape index (κ2) is 6.29. The highest BCUT2D eigenvalue weighted by Gasteiger charge is 2.32. The number of aromatic nitrogens is 4. The molecule has 2 fully saturated rings. The van der Waals surface area contributed by atoms with Crippen molar-refractivity contribution in [2.45, 2.75) is 52.2 Å². The molecule has 1 aliphatic heterocycles. The zero-order chi connectivity index (χ0) is 17.6. The van der Waals surface area contributed by atoms with Crippen LogP contribution >= 0.6 is 0 Å². The number of nitrogens with zero attached hydrogens (tertiary/aromatic N) is 4. The number of carbonyl (C=O) groups excluding carboxylic acids is 1. The van der Waals surface area contributed by atoms with Crippen LogP contribution in [0.15, 0.2) is 6.07 Å². The van der Waals surface area contributed by atoms with Gasteiger partial charge in [0.05, 0.1) is 18.7 Å². The Kier molecular flexibility index (Phi) is 4.11. The van der Waals surface area contributed by atoms with E-state index in [2.05, 4.69) is 33.6 Å². The SMILES string of the molecule is CCc1nc([C@@H]2CN(C(=O)c3cc(C)n(C4CC4)c3C)CCO2)n[nH]1. The Morgan fingerprint density at radius 3 is 2.88 bits per heavy atom. The molecular formula is C18H25N5O2. The molecule has 1 atom stereocenters. The van der Waals surface area contributed by atoms with E-state index >= 15 is 0 Å². The van der Waals surface area contributed by atoms with Crippen molar-refractivity contribution in [3.05, 3.63) is 34.7 Å². The second-order valence-electron chi connectivity index (χ2n) is 6.99. The Hall–Kier alpha value is -2.15. The number of morpholine rings is 1. The quantitative estimate of drug-likeness (QED) is 0.924. The first-order valence-corrected chi connectivity index (χ1v) is 9.09. The summed E-state index contributed by atoms with van der Waals surface area (Å²) in [5.41, 5.74) is 3.07. The van der Waals surface area contributed by atoms with Crippen LogP contribution in [0.1, 0.15) is 65.3 Å². The highest BCUT2D eigenvalue weighted by Crippen LogP contribution is 2.38. The highest BCUT2D eigenvalue weighted by atomic mass is 16.5. The lowest BCUT2D eigenvalue weighted by Gasteiger charge is -2.31. The van der Waals surface area contributed by atoms with Crippen molar-refractivity contribution >= 4 is 5.91 Å². The van der Waals surface area contributed by atoms with Crippen molar-refractivity contribution in [2.75, 3.05) is 19.7 Å². The number of carbonyl (C=O) groups is 1. The van der Waals surface area contributed by atoms with Gasteiger partial charge in [-0.2, -0.15) is 5.10 Å². The van der Waals surface area contributed by atoms with Crippen LogP contribution < -0.4 is 0 Å². The lowest BCUT2D eigenvalue weighted by molar-refractivity contribution is -0.0267. The Labute approximate surface area is 147 Å². The molecule has 2 aromatic heterocycles. The van der Waals surface area contributed by atoms with Gasteiger partial charge in [-0.15, -0.1) is 0 Å². The van der Waals surface area contributed by atoms with Gasteiger partial charge in [0.2, 0.25) is 0 Å². The van der Waals surface area contributed by atoms with Crippen LogP contribution in [0.25, 0.3) is 0 Å². The van der Waals surface area contributed by atoms with Crippen molar-refractivity contribution < 1.29 is 9.53 Å². The van der Waals surface area contributed by atoms with E-state index in [0.29, 0.717) is 31.6 Å². The van der Waals surface area contributed by atoms with Gasteiger partial charge >= 0.3 is 0 Å². The predicted octanol–water partition coefficient (Wildman–Crippen LogP) is 2.33. The van der Waals surface area contributed by atoms with E-state index < -0.39 is 0 Å². The number of hydrogen-bond donors (Lipinski definition) is 1. The van der Waals surface area contributed by atoms with E-state index in [-0.39, 0.29) is 12.0 Å². The molecule has 1 amide bonds. The topological polar surface area (TPSA) is 76.0 Å². The van der Waals surface area contributed by atoms with Crippen LogP contribution in [0, 0.1) is 13.8 Å². The summed E-state index contributed by atoms with van der Waals surface area (Å²) in [7, 11) is 0. The van der Waals surface area contributed by atoms with E-state index in [4.69, 9.17) is 4.74 Å². The number of rotatable bonds is 4. The largest absolute Gasteiger partial charge is 0.366 e. The number of H-pyrrole nitrogens is 1. The van der Waals surface area contributed by atoms with Gasteiger partial charge in [-0.1, -0.05) is 6.92 Å². The lowest BCUT2D eigenvalue weighted by Crippen LogP contribution is -2.42. The molecule has 0 bridgehead atoms. The average molecular weight is 343 g/mol. The Morgan fingerprint density at radius 2 is 2.20 bits per heavy atom. The smallest absolute Gasteiger partial charge is 0.255 e. The Morgan fingerprint density at radius 1 is 1.40 bits per heavy atom. The van der Waals surface area contributed by atoms with E-state index in [1.165, 1.54) is 18.5 Å². The zero-order valence-corrected chi connectivity index (χ0v) is 15.1. The van der Waals surface area contributed by atoms with Crippen LogP contribution in [0.2, 0.25) is 0 Å². The highest BCUT2D eigenvalue weighted by molar-refractivity contribution is 5.95. The molecule has 0 unspecified atom stereocenters. The molecule has 1 saturated heterocycles. The van der Waals surface area contributed by atoms with Gasteiger partial charge in [-0.05, 0) is 32.8 Å². The third-order valence-electron chi connectivity index (χ3n) is 5.15. The van der Waals surface area contributed by atoms with Crippen LogP contribution in [-0.4, -0.2) is 50.3 Å². The van der Waals surface area contributed by atoms with Crippen LogP contribution in [-0.2, 0) is 11.2 Å². The first kappa shape index (κ1) is 16.3. The summed E-state index contributed by atoms with van der Waals surface area (Å²) >= 11 is 0. The minimum atomic E-state index is -0.263. The van der Waals surface area contributed by atoms with Crippen molar-refractivity contribution in [3.63, 3.8) is 0 Å². The summed E-state index contributed by atoms with van der Waals surface area (Å²) in [6.45, 7) is 7.77. The molecule has 134 valence electrons. The minimum Gasteiger partial charge on any atom is -0.366 e. The van der Waals surface area contributed by atoms with Gasteiger partial charge < -0.3 is 14.2 Å². The Bertz CT molecular complexity index is 789. The van der Waals surface area contributed by atoms with Crippen molar-refractivity contribution in [2.24, 2.45) is 0 Å². The minimum absolute atomic E-state index is 0.0829. The van der Waals surface area contributed by atoms with Crippen LogP contribution in [0.4, 0.5) is 0 Å². The van der Waals surface area contributed by atoms with E-state index in [9.17, 15) is 4.79 Å². The standard InChI is InChI=1S/C18H25N5O2/c1-4-16-19-17(21-20-16)15-10-22(7-8-25-15)18(24)14-9-11(2)23(12(14)3)13-5-6-13/h9,13,15H,4-8,10H2,1-3H3,(H,19,20,21)/t15-/m0/s1. The van der Waals surface area contributed by atoms with E-state index in [0.717, 1.165) is 23.5 Å². The van der Waals surface area contributed by atoms with Gasteiger partial charge in [0.1, 0.15) is 11.9 Å². The van der Waals surface area contributed by atoms with Gasteiger partial charge in [-0.3, -0.25) is 9.89 Å². The molecule has 4 rings (SSSR count). The normalized spacial score (nSPS) is 20.9. The summed E-state index contributed by atoms with van der Waals surface area (Å²) in [5, 5.41) is 7.16. The maximum atomic E-state index is 13.1. The average Bonchev–Trinajstić information content (AvgIpc) is 3.25. The molecule has 0 radical (unpaired) electrons. The number of ether oxygens (including phenoxy) is 1. The number of amides is 1. The van der Waals surface area contributed by atoms with Crippen LogP contribution in [0.5, 0.6) is 0 Å². The third-order valence-corrected chi connectivity index (χ3v) is 5.15. The maximum Gasteiger partial charge on any atom is 0.255 e. The lowest BCUT2D eigenvalue weighted by atomic mass is 10.2. The molecule has 1 N–H and O–H groups in total. The molecule has 1 saturated carbocycles.